The molecular formula is C28H26Cl2N4O. The van der Waals surface area contributed by atoms with E-state index in [1.165, 1.54) is 11.1 Å². The van der Waals surface area contributed by atoms with Gasteiger partial charge in [0.25, 0.3) is 5.56 Å². The second kappa shape index (κ2) is 9.86. The lowest BCUT2D eigenvalue weighted by molar-refractivity contribution is 0.190. The summed E-state index contributed by atoms with van der Waals surface area (Å²) in [7, 11) is 0. The lowest BCUT2D eigenvalue weighted by Gasteiger charge is -2.38. The number of aryl methyl sites for hydroxylation is 2. The summed E-state index contributed by atoms with van der Waals surface area (Å²) in [6.07, 6.45) is 0.540. The first-order valence-corrected chi connectivity index (χ1v) is 12.3. The molecule has 0 atom stereocenters. The monoisotopic (exact) mass is 504 g/mol. The number of rotatable bonds is 5. The van der Waals surface area contributed by atoms with Crippen LogP contribution in [0.2, 0.25) is 10.0 Å². The van der Waals surface area contributed by atoms with Gasteiger partial charge in [0.1, 0.15) is 0 Å². The second-order valence-electron chi connectivity index (χ2n) is 8.99. The molecule has 0 aliphatic carbocycles. The van der Waals surface area contributed by atoms with Crippen LogP contribution in [0.1, 0.15) is 27.9 Å². The predicted octanol–water partition coefficient (Wildman–Crippen LogP) is 6.33. The largest absolute Gasteiger partial charge is 0.297 e. The van der Waals surface area contributed by atoms with Crippen LogP contribution >= 0.6 is 23.2 Å². The van der Waals surface area contributed by atoms with E-state index < -0.39 is 0 Å². The molecule has 1 aromatic heterocycles. The summed E-state index contributed by atoms with van der Waals surface area (Å²) in [5.74, 6) is 0.591. The molecule has 1 aliphatic heterocycles. The Bertz CT molecular complexity index is 1420. The maximum absolute atomic E-state index is 13.8. The molecule has 0 bridgehead atoms. The van der Waals surface area contributed by atoms with E-state index in [2.05, 4.69) is 36.1 Å². The molecule has 0 unspecified atom stereocenters. The van der Waals surface area contributed by atoms with Crippen LogP contribution in [-0.2, 0) is 19.6 Å². The first-order valence-electron chi connectivity index (χ1n) is 11.5. The van der Waals surface area contributed by atoms with Crippen LogP contribution in [0.3, 0.4) is 0 Å². The molecule has 0 spiro atoms. The van der Waals surface area contributed by atoms with Crippen molar-refractivity contribution in [2.75, 3.05) is 11.6 Å². The van der Waals surface area contributed by atoms with E-state index in [0.29, 0.717) is 47.9 Å². The zero-order valence-electron chi connectivity index (χ0n) is 19.7. The number of benzene rings is 3. The topological polar surface area (TPSA) is 41.4 Å². The summed E-state index contributed by atoms with van der Waals surface area (Å²) in [5.41, 5.74) is 5.65. The molecular weight excluding hydrogens is 479 g/mol. The Morgan fingerprint density at radius 3 is 2.34 bits per heavy atom. The first-order chi connectivity index (χ1) is 16.9. The maximum Gasteiger partial charge on any atom is 0.259 e. The zero-order chi connectivity index (χ0) is 24.5. The van der Waals surface area contributed by atoms with Gasteiger partial charge in [-0.2, -0.15) is 0 Å². The third-order valence-corrected chi connectivity index (χ3v) is 6.86. The first kappa shape index (κ1) is 23.6. The maximum atomic E-state index is 13.8. The van der Waals surface area contributed by atoms with E-state index in [9.17, 15) is 4.79 Å². The standard InChI is InChI=1S/C28H26Cl2N4O/c1-19-8-10-22(11-9-19)16-32-17-33(26-13-12-23(29)15-25(26)30)28-31-20(2)24(27(35)34(28)18-32)14-21-6-4-3-5-7-21/h3-13,15H,14,16-18H2,1-2H3. The summed E-state index contributed by atoms with van der Waals surface area (Å²) < 4.78 is 1.76. The van der Waals surface area contributed by atoms with Gasteiger partial charge in [0, 0.05) is 23.6 Å². The van der Waals surface area contributed by atoms with Crippen LogP contribution < -0.4 is 10.5 Å². The van der Waals surface area contributed by atoms with Crippen molar-refractivity contribution in [2.24, 2.45) is 0 Å². The molecule has 4 aromatic rings. The minimum Gasteiger partial charge on any atom is -0.297 e. The Hall–Kier alpha value is -3.12. The molecule has 0 amide bonds. The molecule has 5 rings (SSSR count). The molecule has 3 aromatic carbocycles. The van der Waals surface area contributed by atoms with Crippen LogP contribution in [-0.4, -0.2) is 21.1 Å². The molecule has 0 saturated heterocycles. The molecule has 1 aliphatic rings. The van der Waals surface area contributed by atoms with E-state index in [1.807, 2.05) is 48.2 Å². The van der Waals surface area contributed by atoms with Crippen molar-refractivity contribution in [1.82, 2.24) is 14.5 Å². The second-order valence-corrected chi connectivity index (χ2v) is 9.84. The third-order valence-electron chi connectivity index (χ3n) is 6.32. The van der Waals surface area contributed by atoms with Crippen molar-refractivity contribution in [3.8, 4) is 0 Å². The van der Waals surface area contributed by atoms with Gasteiger partial charge >= 0.3 is 0 Å². The summed E-state index contributed by atoms with van der Waals surface area (Å²) >= 11 is 12.8. The zero-order valence-corrected chi connectivity index (χ0v) is 21.2. The molecule has 0 radical (unpaired) electrons. The minimum absolute atomic E-state index is 0.0277. The van der Waals surface area contributed by atoms with Crippen molar-refractivity contribution < 1.29 is 0 Å². The molecule has 2 heterocycles. The summed E-state index contributed by atoms with van der Waals surface area (Å²) in [6.45, 7) is 5.65. The van der Waals surface area contributed by atoms with E-state index >= 15 is 0 Å². The lowest BCUT2D eigenvalue weighted by atomic mass is 10.1. The van der Waals surface area contributed by atoms with Crippen molar-refractivity contribution in [1.29, 1.82) is 0 Å². The normalized spacial score (nSPS) is 13.7. The van der Waals surface area contributed by atoms with Gasteiger partial charge in [-0.25, -0.2) is 4.98 Å². The molecule has 0 fully saturated rings. The van der Waals surface area contributed by atoms with Gasteiger partial charge in [0.2, 0.25) is 5.95 Å². The SMILES string of the molecule is Cc1ccc(CN2CN(c3ccc(Cl)cc3Cl)c3nc(C)c(Cc4ccccc4)c(=O)n3C2)cc1. The Morgan fingerprint density at radius 1 is 0.886 bits per heavy atom. The van der Waals surface area contributed by atoms with Crippen LogP contribution in [0.5, 0.6) is 0 Å². The Morgan fingerprint density at radius 2 is 1.63 bits per heavy atom. The highest BCUT2D eigenvalue weighted by Gasteiger charge is 2.29. The molecule has 0 saturated carbocycles. The Kier molecular flexibility index (Phi) is 6.65. The summed E-state index contributed by atoms with van der Waals surface area (Å²) in [5, 5.41) is 1.08. The van der Waals surface area contributed by atoms with Crippen molar-refractivity contribution in [3.63, 3.8) is 0 Å². The van der Waals surface area contributed by atoms with E-state index in [4.69, 9.17) is 28.2 Å². The van der Waals surface area contributed by atoms with E-state index in [0.717, 1.165) is 16.9 Å². The van der Waals surface area contributed by atoms with Crippen LogP contribution in [0, 0.1) is 13.8 Å². The number of halogens is 2. The number of aromatic nitrogens is 2. The Labute approximate surface area is 215 Å². The average molecular weight is 505 g/mol. The average Bonchev–Trinajstić information content (AvgIpc) is 2.84. The number of hydrogen-bond donors (Lipinski definition) is 0. The fourth-order valence-corrected chi connectivity index (χ4v) is 4.98. The smallest absolute Gasteiger partial charge is 0.259 e. The Balaban J connectivity index is 1.59. The van der Waals surface area contributed by atoms with Gasteiger partial charge in [-0.3, -0.25) is 19.2 Å². The summed E-state index contributed by atoms with van der Waals surface area (Å²) in [6, 6.07) is 23.9. The van der Waals surface area contributed by atoms with E-state index in [1.54, 1.807) is 16.7 Å². The highest BCUT2D eigenvalue weighted by atomic mass is 35.5. The van der Waals surface area contributed by atoms with Gasteiger partial charge in [0.05, 0.1) is 29.7 Å². The highest BCUT2D eigenvalue weighted by molar-refractivity contribution is 6.36. The number of hydrogen-bond acceptors (Lipinski definition) is 4. The predicted molar refractivity (Wildman–Crippen MR) is 143 cm³/mol. The highest BCUT2D eigenvalue weighted by Crippen LogP contribution is 2.35. The van der Waals surface area contributed by atoms with E-state index in [-0.39, 0.29) is 5.56 Å². The molecule has 35 heavy (non-hydrogen) atoms. The summed E-state index contributed by atoms with van der Waals surface area (Å²) in [4.78, 5) is 22.9. The fraction of sp³-hybridized carbons (Fsp3) is 0.214. The quantitative estimate of drug-likeness (QED) is 0.318. The van der Waals surface area contributed by atoms with Gasteiger partial charge in [0.15, 0.2) is 0 Å². The number of anilines is 2. The third kappa shape index (κ3) is 4.98. The molecule has 178 valence electrons. The van der Waals surface area contributed by atoms with Crippen molar-refractivity contribution in [2.45, 2.75) is 33.5 Å². The molecule has 5 nitrogen and oxygen atoms in total. The van der Waals surface area contributed by atoms with Gasteiger partial charge in [-0.15, -0.1) is 0 Å². The number of nitrogens with zero attached hydrogens (tertiary/aromatic N) is 4. The fourth-order valence-electron chi connectivity index (χ4n) is 4.47. The van der Waals surface area contributed by atoms with Crippen LogP contribution in [0.4, 0.5) is 11.6 Å². The van der Waals surface area contributed by atoms with Crippen LogP contribution in [0.15, 0.2) is 77.6 Å². The van der Waals surface area contributed by atoms with Gasteiger partial charge in [-0.1, -0.05) is 83.4 Å². The van der Waals surface area contributed by atoms with Gasteiger partial charge < -0.3 is 0 Å². The van der Waals surface area contributed by atoms with Crippen LogP contribution in [0.25, 0.3) is 0 Å². The molecule has 7 heteroatoms. The minimum atomic E-state index is -0.0277. The van der Waals surface area contributed by atoms with Gasteiger partial charge in [-0.05, 0) is 43.2 Å². The lowest BCUT2D eigenvalue weighted by Crippen LogP contribution is -2.47. The molecule has 0 N–H and O–H groups in total. The van der Waals surface area contributed by atoms with Crippen molar-refractivity contribution in [3.05, 3.63) is 121 Å². The van der Waals surface area contributed by atoms with Crippen molar-refractivity contribution >= 4 is 34.8 Å². The number of fused-ring (bicyclic) bond motifs is 1.